The molecule has 1 fully saturated rings. The zero-order valence-corrected chi connectivity index (χ0v) is 14.1. The summed E-state index contributed by atoms with van der Waals surface area (Å²) >= 11 is 5.14. The lowest BCUT2D eigenvalue weighted by atomic mass is 10.2. The molecule has 0 aliphatic carbocycles. The molecule has 8 heteroatoms. The van der Waals surface area contributed by atoms with Crippen LogP contribution in [-0.4, -0.2) is 64.0 Å². The second kappa shape index (κ2) is 7.06. The van der Waals surface area contributed by atoms with Gasteiger partial charge >= 0.3 is 0 Å². The van der Waals surface area contributed by atoms with Gasteiger partial charge in [-0.1, -0.05) is 6.92 Å². The first-order valence-corrected chi connectivity index (χ1v) is 7.90. The minimum absolute atomic E-state index is 0.000126. The second-order valence-corrected chi connectivity index (χ2v) is 6.01. The van der Waals surface area contributed by atoms with Gasteiger partial charge in [0.2, 0.25) is 5.88 Å². The Morgan fingerprint density at radius 2 is 2.05 bits per heavy atom. The molecular formula is C14H23N5O2S. The van der Waals surface area contributed by atoms with Gasteiger partial charge in [-0.05, 0) is 32.6 Å². The van der Waals surface area contributed by atoms with Gasteiger partial charge in [0.15, 0.2) is 4.77 Å². The lowest BCUT2D eigenvalue weighted by Gasteiger charge is -2.30. The van der Waals surface area contributed by atoms with E-state index in [0.29, 0.717) is 0 Å². The molecule has 2 heterocycles. The van der Waals surface area contributed by atoms with Crippen LogP contribution in [0.4, 0.5) is 0 Å². The highest BCUT2D eigenvalue weighted by atomic mass is 32.1. The third-order valence-electron chi connectivity index (χ3n) is 4.01. The van der Waals surface area contributed by atoms with Crippen molar-refractivity contribution in [2.75, 3.05) is 33.2 Å². The van der Waals surface area contributed by atoms with Crippen molar-refractivity contribution >= 4 is 18.4 Å². The fourth-order valence-corrected chi connectivity index (χ4v) is 2.67. The number of hydrazone groups is 1. The molecule has 1 aliphatic rings. The predicted molar refractivity (Wildman–Crippen MR) is 89.2 cm³/mol. The number of piperazine rings is 1. The summed E-state index contributed by atoms with van der Waals surface area (Å²) in [5, 5.41) is 16.6. The maximum absolute atomic E-state index is 12.0. The summed E-state index contributed by atoms with van der Waals surface area (Å²) in [5.74, 6) is -0.124. The van der Waals surface area contributed by atoms with Crippen LogP contribution in [0.1, 0.15) is 31.9 Å². The third-order valence-corrected chi connectivity index (χ3v) is 4.31. The molecule has 1 aromatic heterocycles. The summed E-state index contributed by atoms with van der Waals surface area (Å²) in [6, 6.07) is 0.000126. The highest BCUT2D eigenvalue weighted by Crippen LogP contribution is 2.20. The molecule has 0 spiro atoms. The Morgan fingerprint density at radius 3 is 2.64 bits per heavy atom. The average Bonchev–Trinajstić information content (AvgIpc) is 2.48. The van der Waals surface area contributed by atoms with Gasteiger partial charge < -0.3 is 10.0 Å². The summed E-state index contributed by atoms with van der Waals surface area (Å²) < 4.78 is 1.79. The topological polar surface area (TPSA) is 76.9 Å². The van der Waals surface area contributed by atoms with Gasteiger partial charge in [-0.2, -0.15) is 5.10 Å². The van der Waals surface area contributed by atoms with E-state index in [4.69, 9.17) is 12.2 Å². The maximum Gasteiger partial charge on any atom is 0.264 e. The molecule has 0 aromatic carbocycles. The molecule has 0 radical (unpaired) electrons. The van der Waals surface area contributed by atoms with Crippen molar-refractivity contribution in [1.82, 2.24) is 19.5 Å². The third kappa shape index (κ3) is 3.56. The Hall–Kier alpha value is -1.67. The number of aromatic hydroxyl groups is 1. The molecule has 2 N–H and O–H groups in total. The normalized spacial score (nSPS) is 18.0. The molecule has 0 amide bonds. The Labute approximate surface area is 134 Å². The summed E-state index contributed by atoms with van der Waals surface area (Å²) in [5.41, 5.74) is -0.271. The van der Waals surface area contributed by atoms with E-state index in [9.17, 15) is 9.90 Å². The fraction of sp³-hybridized carbons (Fsp3) is 0.643. The molecule has 7 nitrogen and oxygen atoms in total. The first-order chi connectivity index (χ1) is 10.4. The molecule has 22 heavy (non-hydrogen) atoms. The number of nitrogens with zero attached hydrogens (tertiary/aromatic N) is 4. The van der Waals surface area contributed by atoms with Crippen molar-refractivity contribution in [3.8, 4) is 5.88 Å². The zero-order valence-electron chi connectivity index (χ0n) is 13.2. The number of H-pyrrole nitrogens is 1. The van der Waals surface area contributed by atoms with Crippen LogP contribution in [0.3, 0.4) is 0 Å². The van der Waals surface area contributed by atoms with Crippen LogP contribution in [-0.2, 0) is 0 Å². The van der Waals surface area contributed by atoms with Gasteiger partial charge in [0.1, 0.15) is 5.56 Å². The predicted octanol–water partition coefficient (Wildman–Crippen LogP) is 1.16. The van der Waals surface area contributed by atoms with E-state index >= 15 is 0 Å². The number of likely N-dealkylation sites (N-methyl/N-ethyl adjacent to an activating group) is 1. The van der Waals surface area contributed by atoms with E-state index in [-0.39, 0.29) is 22.3 Å². The smallest absolute Gasteiger partial charge is 0.264 e. The lowest BCUT2D eigenvalue weighted by molar-refractivity contribution is 0.159. The molecule has 1 saturated heterocycles. The molecule has 122 valence electrons. The Morgan fingerprint density at radius 1 is 1.41 bits per heavy atom. The minimum atomic E-state index is -0.417. The summed E-state index contributed by atoms with van der Waals surface area (Å²) in [7, 11) is 2.06. The van der Waals surface area contributed by atoms with Gasteiger partial charge in [-0.3, -0.25) is 19.4 Å². The zero-order chi connectivity index (χ0) is 16.3. The minimum Gasteiger partial charge on any atom is -0.494 e. The summed E-state index contributed by atoms with van der Waals surface area (Å²) in [6.07, 6.45) is 2.22. The Balaban J connectivity index is 2.31. The first-order valence-electron chi connectivity index (χ1n) is 7.49. The van der Waals surface area contributed by atoms with E-state index in [1.54, 1.807) is 4.57 Å². The summed E-state index contributed by atoms with van der Waals surface area (Å²) in [4.78, 5) is 16.9. The number of nitrogens with one attached hydrogen (secondary N) is 1. The van der Waals surface area contributed by atoms with E-state index in [2.05, 4.69) is 22.0 Å². The molecule has 1 atom stereocenters. The van der Waals surface area contributed by atoms with Crippen molar-refractivity contribution in [1.29, 1.82) is 0 Å². The largest absolute Gasteiger partial charge is 0.494 e. The molecule has 1 aromatic rings. The van der Waals surface area contributed by atoms with Crippen molar-refractivity contribution < 1.29 is 5.11 Å². The van der Waals surface area contributed by atoms with E-state index in [1.807, 2.05) is 18.9 Å². The SMILES string of the molecule is CCC(C)n1c(O)c(/C=N/N2CCN(C)CC2)c(=O)[nH]c1=S. The second-order valence-electron chi connectivity index (χ2n) is 5.63. The van der Waals surface area contributed by atoms with Crippen LogP contribution in [0.25, 0.3) is 0 Å². The quantitative estimate of drug-likeness (QED) is 0.642. The molecule has 1 unspecified atom stereocenters. The molecule has 0 bridgehead atoms. The highest BCUT2D eigenvalue weighted by Gasteiger charge is 2.16. The van der Waals surface area contributed by atoms with E-state index in [1.165, 1.54) is 6.21 Å². The van der Waals surface area contributed by atoms with Crippen molar-refractivity contribution in [3.05, 3.63) is 20.7 Å². The number of aromatic amines is 1. The van der Waals surface area contributed by atoms with Crippen LogP contribution < -0.4 is 5.56 Å². The standard InChI is InChI=1S/C14H23N5O2S/c1-4-10(2)19-13(21)11(12(20)16-14(19)22)9-15-18-7-5-17(3)6-8-18/h9-10,21H,4-8H2,1-3H3,(H,16,20,22)/b15-9+. The van der Waals surface area contributed by atoms with Crippen LogP contribution in [0.5, 0.6) is 5.88 Å². The van der Waals surface area contributed by atoms with Gasteiger partial charge in [0, 0.05) is 32.2 Å². The van der Waals surface area contributed by atoms with Gasteiger partial charge in [0.25, 0.3) is 5.56 Å². The van der Waals surface area contributed by atoms with E-state index in [0.717, 1.165) is 32.6 Å². The lowest BCUT2D eigenvalue weighted by Crippen LogP contribution is -2.41. The number of rotatable bonds is 4. The molecule has 0 saturated carbocycles. The number of aromatic nitrogens is 2. The van der Waals surface area contributed by atoms with Crippen LogP contribution in [0.15, 0.2) is 9.90 Å². The Kier molecular flexibility index (Phi) is 5.36. The number of hydrogen-bond acceptors (Lipinski definition) is 6. The van der Waals surface area contributed by atoms with E-state index < -0.39 is 5.56 Å². The van der Waals surface area contributed by atoms with Crippen molar-refractivity contribution in [2.45, 2.75) is 26.3 Å². The molecule has 2 rings (SSSR count). The van der Waals surface area contributed by atoms with Crippen LogP contribution in [0, 0.1) is 4.77 Å². The van der Waals surface area contributed by atoms with Crippen LogP contribution in [0.2, 0.25) is 0 Å². The van der Waals surface area contributed by atoms with Gasteiger partial charge in [-0.15, -0.1) is 0 Å². The highest BCUT2D eigenvalue weighted by molar-refractivity contribution is 7.71. The fourth-order valence-electron chi connectivity index (χ4n) is 2.31. The van der Waals surface area contributed by atoms with Crippen molar-refractivity contribution in [3.63, 3.8) is 0 Å². The van der Waals surface area contributed by atoms with Crippen molar-refractivity contribution in [2.24, 2.45) is 5.10 Å². The monoisotopic (exact) mass is 325 g/mol. The first kappa shape index (κ1) is 16.7. The molecular weight excluding hydrogens is 302 g/mol. The van der Waals surface area contributed by atoms with Gasteiger partial charge in [0.05, 0.1) is 6.21 Å². The number of hydrogen-bond donors (Lipinski definition) is 2. The van der Waals surface area contributed by atoms with Crippen LogP contribution >= 0.6 is 12.2 Å². The Bertz CT molecular complexity index is 658. The van der Waals surface area contributed by atoms with Gasteiger partial charge in [-0.25, -0.2) is 0 Å². The molecule has 1 aliphatic heterocycles. The maximum atomic E-state index is 12.0. The summed E-state index contributed by atoms with van der Waals surface area (Å²) in [6.45, 7) is 7.39. The average molecular weight is 325 g/mol.